The Morgan fingerprint density at radius 2 is 2.42 bits per heavy atom. The minimum atomic E-state index is 0.500. The number of anilines is 1. The molecule has 0 aliphatic heterocycles. The molecule has 0 radical (unpaired) electrons. The van der Waals surface area contributed by atoms with Gasteiger partial charge in [0.2, 0.25) is 5.88 Å². The molecule has 12 heavy (non-hydrogen) atoms. The molecule has 0 atom stereocenters. The quantitative estimate of drug-likeness (QED) is 0.684. The fraction of sp³-hybridized carbons (Fsp3) is 0.375. The molecule has 4 nitrogen and oxygen atoms in total. The van der Waals surface area contributed by atoms with E-state index in [1.165, 1.54) is 0 Å². The van der Waals surface area contributed by atoms with Gasteiger partial charge in [0.1, 0.15) is 12.4 Å². The van der Waals surface area contributed by atoms with E-state index in [9.17, 15) is 0 Å². The minimum Gasteiger partial charge on any atom is -0.476 e. The van der Waals surface area contributed by atoms with Crippen LogP contribution in [0, 0.1) is 0 Å². The van der Waals surface area contributed by atoms with Crippen molar-refractivity contribution in [1.29, 1.82) is 0 Å². The van der Waals surface area contributed by atoms with Gasteiger partial charge in [0.25, 0.3) is 0 Å². The number of nitrogens with one attached hydrogen (secondary N) is 1. The number of nitrogens with two attached hydrogens (primary N) is 1. The number of nitrogens with zero attached hydrogens (tertiary/aromatic N) is 1. The monoisotopic (exact) mass is 167 g/mol. The van der Waals surface area contributed by atoms with Gasteiger partial charge in [-0.1, -0.05) is 6.07 Å². The Hall–Kier alpha value is -1.29. The van der Waals surface area contributed by atoms with Gasteiger partial charge in [-0.3, -0.25) is 0 Å². The highest BCUT2D eigenvalue weighted by Crippen LogP contribution is 2.09. The molecule has 0 spiro atoms. The summed E-state index contributed by atoms with van der Waals surface area (Å²) in [5.41, 5.74) is 5.28. The van der Waals surface area contributed by atoms with Crippen LogP contribution in [0.4, 0.5) is 5.82 Å². The second-order valence-corrected chi connectivity index (χ2v) is 2.25. The van der Waals surface area contributed by atoms with Crippen LogP contribution in [-0.4, -0.2) is 25.2 Å². The Morgan fingerprint density at radius 1 is 1.58 bits per heavy atom. The van der Waals surface area contributed by atoms with Crippen LogP contribution in [-0.2, 0) is 0 Å². The molecule has 1 heterocycles. The number of pyridine rings is 1. The highest BCUT2D eigenvalue weighted by molar-refractivity contribution is 5.35. The fourth-order valence-corrected chi connectivity index (χ4v) is 0.798. The molecule has 0 aliphatic rings. The van der Waals surface area contributed by atoms with E-state index in [0.717, 1.165) is 5.82 Å². The predicted molar refractivity (Wildman–Crippen MR) is 48.3 cm³/mol. The smallest absolute Gasteiger partial charge is 0.215 e. The number of rotatable bonds is 4. The van der Waals surface area contributed by atoms with Gasteiger partial charge in [0, 0.05) is 19.7 Å². The van der Waals surface area contributed by atoms with Crippen LogP contribution >= 0.6 is 0 Å². The van der Waals surface area contributed by atoms with E-state index in [-0.39, 0.29) is 0 Å². The van der Waals surface area contributed by atoms with E-state index in [4.69, 9.17) is 10.5 Å². The van der Waals surface area contributed by atoms with Gasteiger partial charge in [-0.15, -0.1) is 0 Å². The molecule has 0 saturated carbocycles. The van der Waals surface area contributed by atoms with Crippen LogP contribution in [0.1, 0.15) is 0 Å². The summed E-state index contributed by atoms with van der Waals surface area (Å²) in [6.07, 6.45) is 0. The van der Waals surface area contributed by atoms with Crippen molar-refractivity contribution >= 4 is 5.82 Å². The Labute approximate surface area is 71.7 Å². The van der Waals surface area contributed by atoms with Crippen molar-refractivity contribution in [3.8, 4) is 5.88 Å². The van der Waals surface area contributed by atoms with Gasteiger partial charge in [0.05, 0.1) is 0 Å². The van der Waals surface area contributed by atoms with Gasteiger partial charge in [-0.05, 0) is 6.07 Å². The first-order valence-corrected chi connectivity index (χ1v) is 3.84. The molecule has 66 valence electrons. The Bertz CT molecular complexity index is 239. The second kappa shape index (κ2) is 4.56. The number of ether oxygens (including phenoxy) is 1. The molecule has 1 aromatic heterocycles. The van der Waals surface area contributed by atoms with Gasteiger partial charge in [-0.25, -0.2) is 0 Å². The topological polar surface area (TPSA) is 60.2 Å². The lowest BCUT2D eigenvalue weighted by molar-refractivity contribution is 0.316. The molecule has 4 heteroatoms. The molecule has 0 bridgehead atoms. The molecule has 0 aliphatic carbocycles. The Morgan fingerprint density at radius 3 is 3.08 bits per heavy atom. The third-order valence-corrected chi connectivity index (χ3v) is 1.35. The first kappa shape index (κ1) is 8.80. The summed E-state index contributed by atoms with van der Waals surface area (Å²) >= 11 is 0. The maximum atomic E-state index is 5.28. The average molecular weight is 167 g/mol. The van der Waals surface area contributed by atoms with Crippen LogP contribution < -0.4 is 15.8 Å². The van der Waals surface area contributed by atoms with Crippen molar-refractivity contribution in [3.05, 3.63) is 18.2 Å². The average Bonchev–Trinajstić information content (AvgIpc) is 2.15. The van der Waals surface area contributed by atoms with Crippen molar-refractivity contribution in [2.24, 2.45) is 5.73 Å². The van der Waals surface area contributed by atoms with Gasteiger partial charge in [-0.2, -0.15) is 4.98 Å². The van der Waals surface area contributed by atoms with Crippen LogP contribution in [0.25, 0.3) is 0 Å². The van der Waals surface area contributed by atoms with Crippen molar-refractivity contribution in [3.63, 3.8) is 0 Å². The summed E-state index contributed by atoms with van der Waals surface area (Å²) in [6, 6.07) is 5.55. The van der Waals surface area contributed by atoms with Crippen molar-refractivity contribution in [1.82, 2.24) is 4.98 Å². The second-order valence-electron chi connectivity index (χ2n) is 2.25. The zero-order valence-electron chi connectivity index (χ0n) is 7.08. The lowest BCUT2D eigenvalue weighted by atomic mass is 10.4. The maximum Gasteiger partial charge on any atom is 0.215 e. The maximum absolute atomic E-state index is 5.28. The van der Waals surface area contributed by atoms with E-state index in [0.29, 0.717) is 19.0 Å². The zero-order valence-corrected chi connectivity index (χ0v) is 7.08. The normalized spacial score (nSPS) is 9.50. The molecule has 0 unspecified atom stereocenters. The summed E-state index contributed by atoms with van der Waals surface area (Å²) < 4.78 is 5.22. The molecular formula is C8H13N3O. The zero-order chi connectivity index (χ0) is 8.81. The van der Waals surface area contributed by atoms with Gasteiger partial charge < -0.3 is 15.8 Å². The van der Waals surface area contributed by atoms with E-state index in [1.54, 1.807) is 6.07 Å². The first-order valence-electron chi connectivity index (χ1n) is 3.84. The summed E-state index contributed by atoms with van der Waals surface area (Å²) in [6.45, 7) is 1.01. The number of hydrogen-bond acceptors (Lipinski definition) is 4. The summed E-state index contributed by atoms with van der Waals surface area (Å²) in [5.74, 6) is 1.40. The summed E-state index contributed by atoms with van der Waals surface area (Å²) in [7, 11) is 1.81. The van der Waals surface area contributed by atoms with Crippen LogP contribution in [0.3, 0.4) is 0 Å². The third-order valence-electron chi connectivity index (χ3n) is 1.35. The molecule has 1 aromatic rings. The highest BCUT2D eigenvalue weighted by Gasteiger charge is 1.94. The molecule has 0 amide bonds. The van der Waals surface area contributed by atoms with Gasteiger partial charge >= 0.3 is 0 Å². The summed E-state index contributed by atoms with van der Waals surface area (Å²) in [5, 5.41) is 2.92. The largest absolute Gasteiger partial charge is 0.476 e. The first-order chi connectivity index (χ1) is 5.86. The fourth-order valence-electron chi connectivity index (χ4n) is 0.798. The van der Waals surface area contributed by atoms with E-state index in [1.807, 2.05) is 19.2 Å². The Balaban J connectivity index is 2.60. The standard InChI is InChI=1S/C8H13N3O/c1-10-7-3-2-4-8(11-7)12-6-5-9/h2-4H,5-6,9H2,1H3,(H,10,11). The van der Waals surface area contributed by atoms with Crippen molar-refractivity contribution < 1.29 is 4.74 Å². The molecule has 0 aromatic carbocycles. The molecule has 0 saturated heterocycles. The lowest BCUT2D eigenvalue weighted by Gasteiger charge is -2.04. The van der Waals surface area contributed by atoms with Crippen molar-refractivity contribution in [2.45, 2.75) is 0 Å². The highest BCUT2D eigenvalue weighted by atomic mass is 16.5. The van der Waals surface area contributed by atoms with E-state index in [2.05, 4.69) is 10.3 Å². The van der Waals surface area contributed by atoms with Crippen molar-refractivity contribution in [2.75, 3.05) is 25.5 Å². The van der Waals surface area contributed by atoms with E-state index < -0.39 is 0 Å². The Kier molecular flexibility index (Phi) is 3.35. The van der Waals surface area contributed by atoms with Crippen LogP contribution in [0.2, 0.25) is 0 Å². The minimum absolute atomic E-state index is 0.500. The van der Waals surface area contributed by atoms with Gasteiger partial charge in [0.15, 0.2) is 0 Å². The molecule has 0 fully saturated rings. The number of aromatic nitrogens is 1. The van der Waals surface area contributed by atoms with E-state index >= 15 is 0 Å². The molecule has 3 N–H and O–H groups in total. The molecular weight excluding hydrogens is 154 g/mol. The van der Waals surface area contributed by atoms with Crippen LogP contribution in [0.5, 0.6) is 5.88 Å². The third kappa shape index (κ3) is 2.39. The number of hydrogen-bond donors (Lipinski definition) is 2. The lowest BCUT2D eigenvalue weighted by Crippen LogP contribution is -2.11. The van der Waals surface area contributed by atoms with Crippen LogP contribution in [0.15, 0.2) is 18.2 Å². The molecule has 1 rings (SSSR count). The predicted octanol–water partition coefficient (Wildman–Crippen LogP) is 0.461. The SMILES string of the molecule is CNc1cccc(OCCN)n1. The summed E-state index contributed by atoms with van der Waals surface area (Å²) in [4.78, 5) is 4.14.